The second-order valence-corrected chi connectivity index (χ2v) is 10.8. The van der Waals surface area contributed by atoms with Crippen LogP contribution in [0.15, 0.2) is 42.5 Å². The predicted molar refractivity (Wildman–Crippen MR) is 128 cm³/mol. The Balaban J connectivity index is 1.73. The molecule has 5 nitrogen and oxygen atoms in total. The molecule has 2 aromatic rings. The van der Waals surface area contributed by atoms with Crippen LogP contribution in [0.3, 0.4) is 0 Å². The molecule has 164 valence electrons. The zero-order chi connectivity index (χ0) is 22.1. The average Bonchev–Trinajstić information content (AvgIpc) is 2.63. The highest BCUT2D eigenvalue weighted by Crippen LogP contribution is 2.22. The van der Waals surface area contributed by atoms with Crippen molar-refractivity contribution in [1.29, 1.82) is 0 Å². The summed E-state index contributed by atoms with van der Waals surface area (Å²) >= 11 is 7.70. The molecule has 0 aliphatic rings. The third-order valence-corrected chi connectivity index (χ3v) is 6.85. The first-order chi connectivity index (χ1) is 14.1. The molecule has 0 heterocycles. The van der Waals surface area contributed by atoms with Gasteiger partial charge in [-0.1, -0.05) is 29.8 Å². The van der Waals surface area contributed by atoms with E-state index in [1.165, 1.54) is 10.6 Å². The smallest absolute Gasteiger partial charge is 0.232 e. The van der Waals surface area contributed by atoms with Crippen LogP contribution in [0, 0.1) is 13.8 Å². The number of carbonyl (C=O) groups excluding carboxylic acids is 1. The fourth-order valence-corrected chi connectivity index (χ4v) is 5.10. The summed E-state index contributed by atoms with van der Waals surface area (Å²) in [6.07, 6.45) is 1.94. The van der Waals surface area contributed by atoms with Crippen molar-refractivity contribution in [2.24, 2.45) is 0 Å². The fourth-order valence-electron chi connectivity index (χ4n) is 3.13. The van der Waals surface area contributed by atoms with Crippen molar-refractivity contribution < 1.29 is 13.2 Å². The van der Waals surface area contributed by atoms with Gasteiger partial charge in [-0.15, -0.1) is 0 Å². The maximum atomic E-state index is 12.2. The van der Waals surface area contributed by atoms with Crippen LogP contribution < -0.4 is 9.62 Å². The van der Waals surface area contributed by atoms with Crippen molar-refractivity contribution in [3.8, 4) is 0 Å². The lowest BCUT2D eigenvalue weighted by Gasteiger charge is -2.23. The Morgan fingerprint density at radius 1 is 1.13 bits per heavy atom. The molecule has 8 heteroatoms. The predicted octanol–water partition coefficient (Wildman–Crippen LogP) is 4.55. The first kappa shape index (κ1) is 24.6. The molecule has 2 rings (SSSR count). The summed E-state index contributed by atoms with van der Waals surface area (Å²) in [6, 6.07) is 13.5. The van der Waals surface area contributed by atoms with Gasteiger partial charge in [0.05, 0.1) is 11.9 Å². The van der Waals surface area contributed by atoms with Crippen molar-refractivity contribution in [1.82, 2.24) is 5.32 Å². The van der Waals surface area contributed by atoms with E-state index in [1.807, 2.05) is 56.3 Å². The molecule has 1 N–H and O–H groups in total. The van der Waals surface area contributed by atoms with E-state index in [0.29, 0.717) is 18.7 Å². The molecule has 0 atom stereocenters. The lowest BCUT2D eigenvalue weighted by molar-refractivity contribution is -0.121. The molecule has 0 radical (unpaired) electrons. The summed E-state index contributed by atoms with van der Waals surface area (Å²) in [5, 5.41) is 3.62. The Kier molecular flexibility index (Phi) is 9.52. The molecule has 0 unspecified atom stereocenters. The van der Waals surface area contributed by atoms with Crippen LogP contribution in [-0.2, 0) is 20.6 Å². The van der Waals surface area contributed by atoms with Gasteiger partial charge in [0.15, 0.2) is 0 Å². The first-order valence-corrected chi connectivity index (χ1v) is 13.2. The lowest BCUT2D eigenvalue weighted by atomic mass is 10.1. The van der Waals surface area contributed by atoms with Crippen molar-refractivity contribution in [3.63, 3.8) is 0 Å². The van der Waals surface area contributed by atoms with Gasteiger partial charge in [0.1, 0.15) is 0 Å². The summed E-state index contributed by atoms with van der Waals surface area (Å²) in [7, 11) is -3.41. The molecule has 0 fully saturated rings. The third-order valence-electron chi connectivity index (χ3n) is 4.39. The molecule has 0 aliphatic carbocycles. The van der Waals surface area contributed by atoms with Gasteiger partial charge in [-0.05, 0) is 61.2 Å². The van der Waals surface area contributed by atoms with E-state index in [0.717, 1.165) is 33.2 Å². The van der Waals surface area contributed by atoms with Gasteiger partial charge in [0, 0.05) is 36.0 Å². The largest absolute Gasteiger partial charge is 0.355 e. The number of amides is 1. The van der Waals surface area contributed by atoms with Crippen LogP contribution in [0.4, 0.5) is 5.69 Å². The Morgan fingerprint density at radius 3 is 2.47 bits per heavy atom. The van der Waals surface area contributed by atoms with Gasteiger partial charge in [-0.25, -0.2) is 8.42 Å². The number of thioether (sulfide) groups is 1. The molecule has 1 amide bonds. The van der Waals surface area contributed by atoms with Crippen LogP contribution >= 0.6 is 23.4 Å². The number of anilines is 1. The van der Waals surface area contributed by atoms with Crippen molar-refractivity contribution in [2.75, 3.05) is 29.4 Å². The van der Waals surface area contributed by atoms with E-state index in [1.54, 1.807) is 11.8 Å². The number of nitrogens with one attached hydrogen (secondary N) is 1. The minimum Gasteiger partial charge on any atom is -0.355 e. The number of hydrogen-bond donors (Lipinski definition) is 1. The molecule has 0 bridgehead atoms. The molecule has 2 aromatic carbocycles. The highest BCUT2D eigenvalue weighted by Gasteiger charge is 2.18. The Hall–Kier alpha value is -1.70. The normalized spacial score (nSPS) is 11.3. The molecular weight excluding hydrogens is 440 g/mol. The average molecular weight is 469 g/mol. The lowest BCUT2D eigenvalue weighted by Crippen LogP contribution is -2.32. The quantitative estimate of drug-likeness (QED) is 0.491. The minimum atomic E-state index is -3.41. The highest BCUT2D eigenvalue weighted by atomic mass is 35.5. The van der Waals surface area contributed by atoms with Gasteiger partial charge in [0.25, 0.3) is 0 Å². The van der Waals surface area contributed by atoms with E-state index in [4.69, 9.17) is 11.6 Å². The summed E-state index contributed by atoms with van der Waals surface area (Å²) < 4.78 is 25.8. The number of hydrogen-bond acceptors (Lipinski definition) is 4. The maximum Gasteiger partial charge on any atom is 0.232 e. The molecule has 0 saturated heterocycles. The van der Waals surface area contributed by atoms with Crippen LogP contribution in [-0.4, -0.2) is 39.4 Å². The maximum absolute atomic E-state index is 12.2. The van der Waals surface area contributed by atoms with Crippen molar-refractivity contribution in [3.05, 3.63) is 64.2 Å². The first-order valence-electron chi connectivity index (χ1n) is 9.80. The Labute approximate surface area is 189 Å². The Bertz CT molecular complexity index is 944. The minimum absolute atomic E-state index is 0.0628. The molecule has 0 aromatic heterocycles. The van der Waals surface area contributed by atoms with Gasteiger partial charge < -0.3 is 5.32 Å². The molecule has 0 aliphatic heterocycles. The second kappa shape index (κ2) is 11.6. The standard InChI is InChI=1S/C22H29ClN2O3S2/c1-17-12-18(2)14-21(13-17)25(30(3,27)28)10-5-8-22(26)24-9-11-29-16-19-6-4-7-20(23)15-19/h4,6-7,12-15H,5,8-11,16H2,1-3H3,(H,24,26). The SMILES string of the molecule is Cc1cc(C)cc(N(CCCC(=O)NCCSCc2cccc(Cl)c2)S(C)(=O)=O)c1. The molecular formula is C22H29ClN2O3S2. The van der Waals surface area contributed by atoms with Gasteiger partial charge in [-0.2, -0.15) is 11.8 Å². The molecule has 30 heavy (non-hydrogen) atoms. The highest BCUT2D eigenvalue weighted by molar-refractivity contribution is 7.98. The van der Waals surface area contributed by atoms with E-state index < -0.39 is 10.0 Å². The summed E-state index contributed by atoms with van der Waals surface area (Å²) in [6.45, 7) is 4.74. The number of benzene rings is 2. The Morgan fingerprint density at radius 2 is 1.83 bits per heavy atom. The molecule has 0 saturated carbocycles. The van der Waals surface area contributed by atoms with Crippen molar-refractivity contribution >= 4 is 45.0 Å². The van der Waals surface area contributed by atoms with E-state index in [9.17, 15) is 13.2 Å². The summed E-state index contributed by atoms with van der Waals surface area (Å²) in [5.74, 6) is 1.58. The van der Waals surface area contributed by atoms with Gasteiger partial charge in [-0.3, -0.25) is 9.10 Å². The number of halogens is 1. The number of nitrogens with zero attached hydrogens (tertiary/aromatic N) is 1. The van der Waals surface area contributed by atoms with E-state index in [2.05, 4.69) is 5.32 Å². The van der Waals surface area contributed by atoms with Crippen LogP contribution in [0.5, 0.6) is 0 Å². The topological polar surface area (TPSA) is 66.5 Å². The summed E-state index contributed by atoms with van der Waals surface area (Å²) in [4.78, 5) is 12.1. The van der Waals surface area contributed by atoms with Crippen LogP contribution in [0.25, 0.3) is 0 Å². The monoisotopic (exact) mass is 468 g/mol. The second-order valence-electron chi connectivity index (χ2n) is 7.32. The zero-order valence-corrected chi connectivity index (χ0v) is 20.0. The number of carbonyl (C=O) groups is 1. The summed E-state index contributed by atoms with van der Waals surface area (Å²) in [5.41, 5.74) is 3.82. The zero-order valence-electron chi connectivity index (χ0n) is 17.7. The van der Waals surface area contributed by atoms with Crippen LogP contribution in [0.1, 0.15) is 29.5 Å². The van der Waals surface area contributed by atoms with Gasteiger partial charge in [0.2, 0.25) is 15.9 Å². The van der Waals surface area contributed by atoms with Crippen LogP contribution in [0.2, 0.25) is 5.02 Å². The fraction of sp³-hybridized carbons (Fsp3) is 0.409. The van der Waals surface area contributed by atoms with Gasteiger partial charge >= 0.3 is 0 Å². The third kappa shape index (κ3) is 8.58. The number of sulfonamides is 1. The van der Waals surface area contributed by atoms with E-state index >= 15 is 0 Å². The molecule has 0 spiro atoms. The van der Waals surface area contributed by atoms with E-state index in [-0.39, 0.29) is 18.9 Å². The number of rotatable bonds is 11. The van der Waals surface area contributed by atoms with Crippen molar-refractivity contribution in [2.45, 2.75) is 32.4 Å². The number of aryl methyl sites for hydroxylation is 2.